The summed E-state index contributed by atoms with van der Waals surface area (Å²) in [6.45, 7) is 4.49. The molecule has 0 aliphatic heterocycles. The Labute approximate surface area is 125 Å². The van der Waals surface area contributed by atoms with E-state index in [1.165, 1.54) is 18.6 Å². The molecule has 0 radical (unpaired) electrons. The SMILES string of the molecule is CC1CC(C)CC(Oc2cc(F)cc(C#CCCl)c2)C1. The van der Waals surface area contributed by atoms with Crippen LogP contribution in [0.4, 0.5) is 4.39 Å². The van der Waals surface area contributed by atoms with Gasteiger partial charge in [0.2, 0.25) is 0 Å². The zero-order valence-electron chi connectivity index (χ0n) is 12.0. The third kappa shape index (κ3) is 4.42. The van der Waals surface area contributed by atoms with E-state index in [-0.39, 0.29) is 17.8 Å². The quantitative estimate of drug-likeness (QED) is 0.571. The standard InChI is InChI=1S/C17H20ClFO/c1-12-6-13(2)8-16(7-12)20-17-10-14(4-3-5-18)9-15(19)11-17/h9-13,16H,5-8H2,1-2H3. The second-order valence-electron chi connectivity index (χ2n) is 5.77. The first-order chi connectivity index (χ1) is 9.56. The fraction of sp³-hybridized carbons (Fsp3) is 0.529. The zero-order chi connectivity index (χ0) is 14.5. The summed E-state index contributed by atoms with van der Waals surface area (Å²) >= 11 is 5.52. The third-order valence-corrected chi connectivity index (χ3v) is 3.74. The summed E-state index contributed by atoms with van der Waals surface area (Å²) in [5, 5.41) is 0. The van der Waals surface area contributed by atoms with Gasteiger partial charge >= 0.3 is 0 Å². The van der Waals surface area contributed by atoms with Gasteiger partial charge in [0.1, 0.15) is 11.6 Å². The predicted octanol–water partition coefficient (Wildman–Crippen LogP) is 4.62. The van der Waals surface area contributed by atoms with Gasteiger partial charge in [-0.2, -0.15) is 0 Å². The lowest BCUT2D eigenvalue weighted by Gasteiger charge is -2.31. The molecule has 2 rings (SSSR count). The number of hydrogen-bond acceptors (Lipinski definition) is 1. The Morgan fingerprint density at radius 1 is 1.20 bits per heavy atom. The van der Waals surface area contributed by atoms with Gasteiger partial charge in [-0.1, -0.05) is 25.7 Å². The number of halogens is 2. The van der Waals surface area contributed by atoms with Crippen molar-refractivity contribution in [2.75, 3.05) is 5.88 Å². The van der Waals surface area contributed by atoms with E-state index in [2.05, 4.69) is 25.7 Å². The maximum atomic E-state index is 13.6. The van der Waals surface area contributed by atoms with E-state index in [1.54, 1.807) is 6.07 Å². The fourth-order valence-corrected chi connectivity index (χ4v) is 3.07. The number of benzene rings is 1. The second kappa shape index (κ2) is 6.99. The molecule has 1 aromatic rings. The van der Waals surface area contributed by atoms with Crippen LogP contribution in [0.3, 0.4) is 0 Å². The van der Waals surface area contributed by atoms with Crippen LogP contribution in [0.1, 0.15) is 38.7 Å². The summed E-state index contributed by atoms with van der Waals surface area (Å²) in [6, 6.07) is 4.61. The maximum Gasteiger partial charge on any atom is 0.128 e. The minimum absolute atomic E-state index is 0.171. The van der Waals surface area contributed by atoms with E-state index in [4.69, 9.17) is 16.3 Å². The Bertz CT molecular complexity index is 507. The minimum atomic E-state index is -0.321. The summed E-state index contributed by atoms with van der Waals surface area (Å²) in [4.78, 5) is 0. The summed E-state index contributed by atoms with van der Waals surface area (Å²) < 4.78 is 19.5. The molecule has 1 aliphatic rings. The molecule has 1 aliphatic carbocycles. The molecule has 0 spiro atoms. The molecule has 0 aromatic heterocycles. The first kappa shape index (κ1) is 15.2. The van der Waals surface area contributed by atoms with Crippen molar-refractivity contribution in [2.45, 2.75) is 39.2 Å². The first-order valence-corrected chi connectivity index (χ1v) is 7.62. The van der Waals surface area contributed by atoms with Crippen LogP contribution >= 0.6 is 11.6 Å². The maximum absolute atomic E-state index is 13.6. The van der Waals surface area contributed by atoms with Crippen molar-refractivity contribution in [3.63, 3.8) is 0 Å². The van der Waals surface area contributed by atoms with Gasteiger partial charge in [0, 0.05) is 11.6 Å². The Hall–Kier alpha value is -1.20. The van der Waals surface area contributed by atoms with E-state index in [0.29, 0.717) is 23.1 Å². The molecular weight excluding hydrogens is 275 g/mol. The Morgan fingerprint density at radius 3 is 2.55 bits per heavy atom. The lowest BCUT2D eigenvalue weighted by molar-refractivity contribution is 0.101. The number of hydrogen-bond donors (Lipinski definition) is 0. The van der Waals surface area contributed by atoms with Gasteiger partial charge in [-0.05, 0) is 43.2 Å². The van der Waals surface area contributed by atoms with Crippen LogP contribution in [0.2, 0.25) is 0 Å². The minimum Gasteiger partial charge on any atom is -0.490 e. The number of rotatable bonds is 2. The zero-order valence-corrected chi connectivity index (χ0v) is 12.7. The van der Waals surface area contributed by atoms with Crippen LogP contribution in [0, 0.1) is 29.5 Å². The highest BCUT2D eigenvalue weighted by Crippen LogP contribution is 2.31. The van der Waals surface area contributed by atoms with Crippen molar-refractivity contribution in [1.29, 1.82) is 0 Å². The summed E-state index contributed by atoms with van der Waals surface area (Å²) in [6.07, 6.45) is 3.48. The van der Waals surface area contributed by atoms with Gasteiger partial charge in [0.05, 0.1) is 12.0 Å². The molecule has 108 valence electrons. The number of alkyl halides is 1. The van der Waals surface area contributed by atoms with Gasteiger partial charge in [-0.3, -0.25) is 0 Å². The van der Waals surface area contributed by atoms with Crippen molar-refractivity contribution in [2.24, 2.45) is 11.8 Å². The van der Waals surface area contributed by atoms with Gasteiger partial charge in [-0.15, -0.1) is 11.6 Å². The summed E-state index contributed by atoms with van der Waals surface area (Å²) in [5.74, 6) is 7.36. The third-order valence-electron chi connectivity index (χ3n) is 3.61. The second-order valence-corrected chi connectivity index (χ2v) is 6.04. The molecule has 3 heteroatoms. The molecule has 0 bridgehead atoms. The van der Waals surface area contributed by atoms with Crippen molar-refractivity contribution < 1.29 is 9.13 Å². The highest BCUT2D eigenvalue weighted by Gasteiger charge is 2.25. The van der Waals surface area contributed by atoms with Gasteiger partial charge in [0.15, 0.2) is 0 Å². The molecule has 2 unspecified atom stereocenters. The monoisotopic (exact) mass is 294 g/mol. The normalized spacial score (nSPS) is 25.7. The molecule has 0 heterocycles. The number of ether oxygens (including phenoxy) is 1. The lowest BCUT2D eigenvalue weighted by atomic mass is 9.82. The molecule has 0 N–H and O–H groups in total. The highest BCUT2D eigenvalue weighted by molar-refractivity contribution is 6.19. The molecule has 2 atom stereocenters. The smallest absolute Gasteiger partial charge is 0.128 e. The summed E-state index contributed by atoms with van der Waals surface area (Å²) in [7, 11) is 0. The van der Waals surface area contributed by atoms with E-state index < -0.39 is 0 Å². The Balaban J connectivity index is 2.10. The Morgan fingerprint density at radius 2 is 1.90 bits per heavy atom. The largest absolute Gasteiger partial charge is 0.490 e. The lowest BCUT2D eigenvalue weighted by Crippen LogP contribution is -2.28. The van der Waals surface area contributed by atoms with Crippen molar-refractivity contribution in [1.82, 2.24) is 0 Å². The van der Waals surface area contributed by atoms with Crippen LogP contribution in [0.5, 0.6) is 5.75 Å². The van der Waals surface area contributed by atoms with Gasteiger partial charge in [0.25, 0.3) is 0 Å². The highest BCUT2D eigenvalue weighted by atomic mass is 35.5. The molecule has 20 heavy (non-hydrogen) atoms. The average Bonchev–Trinajstić information content (AvgIpc) is 2.34. The van der Waals surface area contributed by atoms with Crippen molar-refractivity contribution in [3.8, 4) is 17.6 Å². The molecular formula is C17H20ClFO. The average molecular weight is 295 g/mol. The van der Waals surface area contributed by atoms with Crippen LogP contribution in [0.15, 0.2) is 18.2 Å². The predicted molar refractivity (Wildman–Crippen MR) is 80.6 cm³/mol. The fourth-order valence-electron chi connectivity index (χ4n) is 3.00. The molecule has 1 fully saturated rings. The molecule has 0 saturated heterocycles. The van der Waals surface area contributed by atoms with Crippen LogP contribution in [-0.2, 0) is 0 Å². The van der Waals surface area contributed by atoms with Gasteiger partial charge < -0.3 is 4.74 Å². The van der Waals surface area contributed by atoms with E-state index in [1.807, 2.05) is 0 Å². The molecule has 1 nitrogen and oxygen atoms in total. The van der Waals surface area contributed by atoms with Crippen LogP contribution < -0.4 is 4.74 Å². The van der Waals surface area contributed by atoms with E-state index in [9.17, 15) is 4.39 Å². The van der Waals surface area contributed by atoms with Crippen LogP contribution in [-0.4, -0.2) is 12.0 Å². The topological polar surface area (TPSA) is 9.23 Å². The first-order valence-electron chi connectivity index (χ1n) is 7.09. The Kier molecular flexibility index (Phi) is 5.31. The molecule has 1 saturated carbocycles. The van der Waals surface area contributed by atoms with Crippen LogP contribution in [0.25, 0.3) is 0 Å². The van der Waals surface area contributed by atoms with Gasteiger partial charge in [-0.25, -0.2) is 4.39 Å². The van der Waals surface area contributed by atoms with Crippen molar-refractivity contribution >= 4 is 11.6 Å². The van der Waals surface area contributed by atoms with Crippen molar-refractivity contribution in [3.05, 3.63) is 29.6 Å². The summed E-state index contributed by atoms with van der Waals surface area (Å²) in [5.41, 5.74) is 0.609. The van der Waals surface area contributed by atoms with E-state index >= 15 is 0 Å². The molecule has 1 aromatic carbocycles. The molecule has 0 amide bonds. The van der Waals surface area contributed by atoms with E-state index in [0.717, 1.165) is 12.8 Å².